The number of rotatable bonds is 10. The van der Waals surface area contributed by atoms with E-state index in [1.165, 1.54) is 25.7 Å². The van der Waals surface area contributed by atoms with Gasteiger partial charge < -0.3 is 0 Å². The first-order valence-corrected chi connectivity index (χ1v) is 8.18. The molecule has 0 saturated carbocycles. The fourth-order valence-corrected chi connectivity index (χ4v) is 2.11. The van der Waals surface area contributed by atoms with Gasteiger partial charge in [-0.2, -0.15) is 0 Å². The zero-order chi connectivity index (χ0) is 15.6. The molecule has 0 fully saturated rings. The average molecular weight is 278 g/mol. The molecule has 0 bridgehead atoms. The smallest absolute Gasteiger partial charge is 0.155 e. The van der Waals surface area contributed by atoms with E-state index in [1.54, 1.807) is 6.08 Å². The van der Waals surface area contributed by atoms with Crippen LogP contribution in [-0.4, -0.2) is 5.78 Å². The molecule has 0 aromatic carbocycles. The molecule has 116 valence electrons. The number of hydrogen-bond donors (Lipinski definition) is 0. The van der Waals surface area contributed by atoms with Crippen LogP contribution < -0.4 is 0 Å². The first-order valence-electron chi connectivity index (χ1n) is 8.18. The highest BCUT2D eigenvalue weighted by Gasteiger charge is 2.14. The zero-order valence-electron chi connectivity index (χ0n) is 14.5. The Hall–Kier alpha value is -0.850. The van der Waals surface area contributed by atoms with Crippen molar-refractivity contribution in [2.24, 2.45) is 11.3 Å². The molecule has 0 aliphatic heterocycles. The van der Waals surface area contributed by atoms with E-state index in [-0.39, 0.29) is 5.78 Å². The topological polar surface area (TPSA) is 17.1 Å². The van der Waals surface area contributed by atoms with Crippen LogP contribution in [0.4, 0.5) is 0 Å². The SMILES string of the molecule is CCC(=O)C=C(C)C=CCC(C)CCCC(C)(C)CC. The van der Waals surface area contributed by atoms with Gasteiger partial charge in [-0.15, -0.1) is 0 Å². The second-order valence-corrected chi connectivity index (χ2v) is 6.86. The Morgan fingerprint density at radius 3 is 2.45 bits per heavy atom. The summed E-state index contributed by atoms with van der Waals surface area (Å²) in [5.41, 5.74) is 1.56. The number of allylic oxidation sites excluding steroid dienone is 4. The largest absolute Gasteiger partial charge is 0.295 e. The first kappa shape index (κ1) is 19.1. The molecule has 0 aromatic rings. The predicted octanol–water partition coefficient (Wildman–Crippen LogP) is 6.10. The molecular weight excluding hydrogens is 244 g/mol. The van der Waals surface area contributed by atoms with Gasteiger partial charge in [-0.3, -0.25) is 4.79 Å². The van der Waals surface area contributed by atoms with Gasteiger partial charge in [0.25, 0.3) is 0 Å². The molecule has 1 unspecified atom stereocenters. The maximum Gasteiger partial charge on any atom is 0.155 e. The van der Waals surface area contributed by atoms with Crippen molar-refractivity contribution in [1.29, 1.82) is 0 Å². The van der Waals surface area contributed by atoms with Crippen molar-refractivity contribution in [3.8, 4) is 0 Å². The highest BCUT2D eigenvalue weighted by molar-refractivity contribution is 5.90. The molecule has 1 atom stereocenters. The van der Waals surface area contributed by atoms with Crippen molar-refractivity contribution in [3.63, 3.8) is 0 Å². The molecule has 0 heterocycles. The van der Waals surface area contributed by atoms with Crippen molar-refractivity contribution < 1.29 is 4.79 Å². The Kier molecular flexibility index (Phi) is 9.54. The van der Waals surface area contributed by atoms with E-state index in [1.807, 2.05) is 13.8 Å². The minimum Gasteiger partial charge on any atom is -0.295 e. The first-order chi connectivity index (χ1) is 9.30. The Labute approximate surface area is 126 Å². The molecule has 0 aliphatic rings. The van der Waals surface area contributed by atoms with Crippen molar-refractivity contribution in [2.75, 3.05) is 0 Å². The van der Waals surface area contributed by atoms with Gasteiger partial charge in [-0.05, 0) is 42.7 Å². The molecule has 0 aliphatic carbocycles. The summed E-state index contributed by atoms with van der Waals surface area (Å²) in [6, 6.07) is 0. The van der Waals surface area contributed by atoms with Gasteiger partial charge in [0.15, 0.2) is 5.78 Å². The van der Waals surface area contributed by atoms with Crippen LogP contribution in [0.1, 0.15) is 80.1 Å². The van der Waals surface area contributed by atoms with Crippen molar-refractivity contribution in [3.05, 3.63) is 23.8 Å². The van der Waals surface area contributed by atoms with Crippen LogP contribution in [0.25, 0.3) is 0 Å². The van der Waals surface area contributed by atoms with Gasteiger partial charge in [-0.25, -0.2) is 0 Å². The molecular formula is C19H34O. The molecule has 0 aromatic heterocycles. The lowest BCUT2D eigenvalue weighted by atomic mass is 9.83. The summed E-state index contributed by atoms with van der Waals surface area (Å²) in [4.78, 5) is 11.3. The van der Waals surface area contributed by atoms with Crippen molar-refractivity contribution in [1.82, 2.24) is 0 Å². The number of hydrogen-bond acceptors (Lipinski definition) is 1. The van der Waals surface area contributed by atoms with Crippen LogP contribution in [-0.2, 0) is 4.79 Å². The maximum atomic E-state index is 11.3. The lowest BCUT2D eigenvalue weighted by molar-refractivity contribution is -0.114. The minimum atomic E-state index is 0.210. The van der Waals surface area contributed by atoms with Gasteiger partial charge in [0.2, 0.25) is 0 Å². The van der Waals surface area contributed by atoms with E-state index in [0.717, 1.165) is 17.9 Å². The lowest BCUT2D eigenvalue weighted by Gasteiger charge is -2.23. The monoisotopic (exact) mass is 278 g/mol. The van der Waals surface area contributed by atoms with E-state index in [0.29, 0.717) is 11.8 Å². The highest BCUT2D eigenvalue weighted by Crippen LogP contribution is 2.28. The van der Waals surface area contributed by atoms with E-state index in [4.69, 9.17) is 0 Å². The van der Waals surface area contributed by atoms with Gasteiger partial charge in [-0.1, -0.05) is 66.0 Å². The summed E-state index contributed by atoms with van der Waals surface area (Å²) in [5.74, 6) is 0.940. The Morgan fingerprint density at radius 1 is 1.25 bits per heavy atom. The minimum absolute atomic E-state index is 0.210. The summed E-state index contributed by atoms with van der Waals surface area (Å²) in [5, 5.41) is 0. The van der Waals surface area contributed by atoms with E-state index in [2.05, 4.69) is 39.8 Å². The van der Waals surface area contributed by atoms with Gasteiger partial charge in [0.1, 0.15) is 0 Å². The van der Waals surface area contributed by atoms with Gasteiger partial charge in [0.05, 0.1) is 0 Å². The molecule has 0 saturated heterocycles. The molecule has 20 heavy (non-hydrogen) atoms. The van der Waals surface area contributed by atoms with Crippen molar-refractivity contribution >= 4 is 5.78 Å². The molecule has 1 heteroatoms. The lowest BCUT2D eigenvalue weighted by Crippen LogP contribution is -2.09. The predicted molar refractivity (Wildman–Crippen MR) is 89.9 cm³/mol. The third kappa shape index (κ3) is 10.00. The Morgan fingerprint density at radius 2 is 1.90 bits per heavy atom. The molecule has 0 amide bonds. The molecule has 0 rings (SSSR count). The molecule has 0 spiro atoms. The van der Waals surface area contributed by atoms with Crippen LogP contribution in [0.5, 0.6) is 0 Å². The highest BCUT2D eigenvalue weighted by atomic mass is 16.1. The number of carbonyl (C=O) groups is 1. The second-order valence-electron chi connectivity index (χ2n) is 6.86. The molecule has 0 N–H and O–H groups in total. The summed E-state index contributed by atoms with van der Waals surface area (Å²) < 4.78 is 0. The summed E-state index contributed by atoms with van der Waals surface area (Å²) >= 11 is 0. The van der Waals surface area contributed by atoms with Crippen LogP contribution in [0.2, 0.25) is 0 Å². The van der Waals surface area contributed by atoms with Gasteiger partial charge in [0, 0.05) is 6.42 Å². The van der Waals surface area contributed by atoms with Crippen LogP contribution >= 0.6 is 0 Å². The Bertz CT molecular complexity index is 334. The second kappa shape index (κ2) is 9.96. The van der Waals surface area contributed by atoms with E-state index in [9.17, 15) is 4.79 Å². The zero-order valence-corrected chi connectivity index (χ0v) is 14.5. The fourth-order valence-electron chi connectivity index (χ4n) is 2.11. The average Bonchev–Trinajstić information content (AvgIpc) is 2.38. The summed E-state index contributed by atoms with van der Waals surface area (Å²) in [6.45, 7) is 13.2. The summed E-state index contributed by atoms with van der Waals surface area (Å²) in [7, 11) is 0. The molecule has 0 radical (unpaired) electrons. The van der Waals surface area contributed by atoms with Crippen LogP contribution in [0.3, 0.4) is 0 Å². The quantitative estimate of drug-likeness (QED) is 0.348. The maximum absolute atomic E-state index is 11.3. The van der Waals surface area contributed by atoms with Crippen molar-refractivity contribution in [2.45, 2.75) is 80.1 Å². The van der Waals surface area contributed by atoms with Gasteiger partial charge >= 0.3 is 0 Å². The molecule has 1 nitrogen and oxygen atoms in total. The number of ketones is 1. The standard InChI is InChI=1S/C19H34O/c1-7-18(20)15-17(4)12-9-11-16(3)13-10-14-19(5,6)8-2/h9,12,15-16H,7-8,10-11,13-14H2,1-6H3. The fraction of sp³-hybridized carbons (Fsp3) is 0.737. The van der Waals surface area contributed by atoms with E-state index < -0.39 is 0 Å². The normalized spacial score (nSPS) is 14.8. The third-order valence-electron chi connectivity index (χ3n) is 4.16. The summed E-state index contributed by atoms with van der Waals surface area (Å²) in [6.07, 6.45) is 12.9. The third-order valence-corrected chi connectivity index (χ3v) is 4.16. The number of carbonyl (C=O) groups excluding carboxylic acids is 1. The van der Waals surface area contributed by atoms with E-state index >= 15 is 0 Å². The Balaban J connectivity index is 3.96. The van der Waals surface area contributed by atoms with Crippen LogP contribution in [0, 0.1) is 11.3 Å². The van der Waals surface area contributed by atoms with Crippen LogP contribution in [0.15, 0.2) is 23.8 Å².